The van der Waals surface area contributed by atoms with E-state index in [4.69, 9.17) is 4.74 Å². The van der Waals surface area contributed by atoms with Crippen LogP contribution in [0.25, 0.3) is 10.8 Å². The summed E-state index contributed by atoms with van der Waals surface area (Å²) in [4.78, 5) is 0. The monoisotopic (exact) mass is 342 g/mol. The summed E-state index contributed by atoms with van der Waals surface area (Å²) in [6, 6.07) is 19.7. The highest BCUT2D eigenvalue weighted by molar-refractivity contribution is 9.10. The predicted molar refractivity (Wildman–Crippen MR) is 88.8 cm³/mol. The van der Waals surface area contributed by atoms with E-state index in [-0.39, 0.29) is 0 Å². The Balaban J connectivity index is 1.85. The Bertz CT molecular complexity index is 764. The van der Waals surface area contributed by atoms with Crippen molar-refractivity contribution in [3.8, 4) is 11.5 Å². The fourth-order valence-corrected chi connectivity index (χ4v) is 2.59. The lowest BCUT2D eigenvalue weighted by atomic mass is 10.1. The fourth-order valence-electron chi connectivity index (χ4n) is 2.21. The van der Waals surface area contributed by atoms with Gasteiger partial charge in [0.1, 0.15) is 11.5 Å². The second-order valence-electron chi connectivity index (χ2n) is 5.00. The molecule has 1 N–H and O–H groups in total. The molecule has 21 heavy (non-hydrogen) atoms. The van der Waals surface area contributed by atoms with Crippen molar-refractivity contribution in [2.75, 3.05) is 0 Å². The molecule has 0 aliphatic rings. The Kier molecular flexibility index (Phi) is 3.95. The molecule has 0 bridgehead atoms. The van der Waals surface area contributed by atoms with Gasteiger partial charge in [0, 0.05) is 4.47 Å². The number of aliphatic hydroxyl groups is 1. The summed E-state index contributed by atoms with van der Waals surface area (Å²) in [7, 11) is 0. The smallest absolute Gasteiger partial charge is 0.128 e. The van der Waals surface area contributed by atoms with Crippen LogP contribution in [0.5, 0.6) is 11.5 Å². The van der Waals surface area contributed by atoms with Gasteiger partial charge in [0.05, 0.1) is 6.10 Å². The molecule has 0 fully saturated rings. The molecule has 3 rings (SSSR count). The highest BCUT2D eigenvalue weighted by atomic mass is 79.9. The first kappa shape index (κ1) is 14.1. The highest BCUT2D eigenvalue weighted by Gasteiger charge is 2.03. The van der Waals surface area contributed by atoms with Crippen LogP contribution in [-0.2, 0) is 0 Å². The maximum absolute atomic E-state index is 9.50. The van der Waals surface area contributed by atoms with Gasteiger partial charge in [0.2, 0.25) is 0 Å². The van der Waals surface area contributed by atoms with Crippen molar-refractivity contribution >= 4 is 26.7 Å². The minimum atomic E-state index is -0.460. The molecule has 0 saturated carbocycles. The number of halogens is 1. The summed E-state index contributed by atoms with van der Waals surface area (Å²) in [5.74, 6) is 1.56. The first-order valence-electron chi connectivity index (χ1n) is 6.77. The molecule has 1 atom stereocenters. The molecule has 0 heterocycles. The average molecular weight is 343 g/mol. The van der Waals surface area contributed by atoms with Crippen molar-refractivity contribution in [2.24, 2.45) is 0 Å². The summed E-state index contributed by atoms with van der Waals surface area (Å²) < 4.78 is 6.93. The first-order valence-corrected chi connectivity index (χ1v) is 7.56. The highest BCUT2D eigenvalue weighted by Crippen LogP contribution is 2.28. The third-order valence-corrected chi connectivity index (χ3v) is 3.87. The Morgan fingerprint density at radius 1 is 0.857 bits per heavy atom. The largest absolute Gasteiger partial charge is 0.457 e. The third kappa shape index (κ3) is 3.26. The quantitative estimate of drug-likeness (QED) is 0.685. The number of hydrogen-bond acceptors (Lipinski definition) is 2. The fraction of sp³-hybridized carbons (Fsp3) is 0.111. The molecule has 0 aliphatic carbocycles. The van der Waals surface area contributed by atoms with Crippen LogP contribution in [0.4, 0.5) is 0 Å². The molecule has 3 heteroatoms. The molecule has 0 unspecified atom stereocenters. The van der Waals surface area contributed by atoms with Crippen molar-refractivity contribution in [3.05, 3.63) is 70.7 Å². The van der Waals surface area contributed by atoms with Gasteiger partial charge in [-0.25, -0.2) is 0 Å². The van der Waals surface area contributed by atoms with Gasteiger partial charge in [-0.3, -0.25) is 0 Å². The molecule has 106 valence electrons. The van der Waals surface area contributed by atoms with E-state index in [1.807, 2.05) is 48.5 Å². The zero-order valence-corrected chi connectivity index (χ0v) is 13.2. The van der Waals surface area contributed by atoms with Gasteiger partial charge in [-0.2, -0.15) is 0 Å². The SMILES string of the molecule is C[C@@H](O)c1ccc(Oc2ccc3cc(Br)ccc3c2)cc1. The van der Waals surface area contributed by atoms with E-state index in [9.17, 15) is 5.11 Å². The molecule has 3 aromatic carbocycles. The van der Waals surface area contributed by atoms with Crippen LogP contribution in [0.1, 0.15) is 18.6 Å². The molecule has 0 radical (unpaired) electrons. The second kappa shape index (κ2) is 5.88. The topological polar surface area (TPSA) is 29.5 Å². The van der Waals surface area contributed by atoms with Crippen LogP contribution in [0.15, 0.2) is 65.1 Å². The lowest BCUT2D eigenvalue weighted by Crippen LogP contribution is -1.90. The Morgan fingerprint density at radius 3 is 2.19 bits per heavy atom. The Labute approximate surface area is 132 Å². The van der Waals surface area contributed by atoms with Crippen molar-refractivity contribution < 1.29 is 9.84 Å². The minimum absolute atomic E-state index is 0.460. The van der Waals surface area contributed by atoms with Crippen molar-refractivity contribution in [1.29, 1.82) is 0 Å². The normalized spacial score (nSPS) is 12.3. The van der Waals surface area contributed by atoms with Crippen molar-refractivity contribution in [1.82, 2.24) is 0 Å². The van der Waals surface area contributed by atoms with Crippen molar-refractivity contribution in [2.45, 2.75) is 13.0 Å². The third-order valence-electron chi connectivity index (χ3n) is 3.37. The predicted octanol–water partition coefficient (Wildman–Crippen LogP) is 5.45. The maximum Gasteiger partial charge on any atom is 0.128 e. The molecular formula is C18H15BrO2. The van der Waals surface area contributed by atoms with E-state index in [0.29, 0.717) is 0 Å². The van der Waals surface area contributed by atoms with Crippen LogP contribution in [0.3, 0.4) is 0 Å². The summed E-state index contributed by atoms with van der Waals surface area (Å²) in [5, 5.41) is 11.8. The number of rotatable bonds is 3. The molecule has 3 aromatic rings. The minimum Gasteiger partial charge on any atom is -0.457 e. The summed E-state index contributed by atoms with van der Waals surface area (Å²) in [6.45, 7) is 1.75. The van der Waals surface area contributed by atoms with Gasteiger partial charge in [-0.15, -0.1) is 0 Å². The summed E-state index contributed by atoms with van der Waals surface area (Å²) in [6.07, 6.45) is -0.460. The Hall–Kier alpha value is -1.84. The average Bonchev–Trinajstić information content (AvgIpc) is 2.48. The number of hydrogen-bond donors (Lipinski definition) is 1. The molecule has 0 amide bonds. The van der Waals surface area contributed by atoms with Gasteiger partial charge in [0.15, 0.2) is 0 Å². The van der Waals surface area contributed by atoms with Gasteiger partial charge >= 0.3 is 0 Å². The van der Waals surface area contributed by atoms with E-state index in [1.54, 1.807) is 6.92 Å². The van der Waals surface area contributed by atoms with Crippen LogP contribution in [0, 0.1) is 0 Å². The van der Waals surface area contributed by atoms with E-state index in [1.165, 1.54) is 5.39 Å². The van der Waals surface area contributed by atoms with Crippen LogP contribution in [-0.4, -0.2) is 5.11 Å². The van der Waals surface area contributed by atoms with E-state index in [2.05, 4.69) is 28.1 Å². The summed E-state index contributed by atoms with van der Waals surface area (Å²) in [5.41, 5.74) is 0.880. The molecule has 0 aromatic heterocycles. The first-order chi connectivity index (χ1) is 10.1. The van der Waals surface area contributed by atoms with Crippen LogP contribution >= 0.6 is 15.9 Å². The van der Waals surface area contributed by atoms with Crippen LogP contribution < -0.4 is 4.74 Å². The molecule has 0 saturated heterocycles. The van der Waals surface area contributed by atoms with Gasteiger partial charge in [-0.05, 0) is 59.7 Å². The number of aliphatic hydroxyl groups excluding tert-OH is 1. The lowest BCUT2D eigenvalue weighted by Gasteiger charge is -2.09. The van der Waals surface area contributed by atoms with Gasteiger partial charge < -0.3 is 9.84 Å². The van der Waals surface area contributed by atoms with Gasteiger partial charge in [0.25, 0.3) is 0 Å². The lowest BCUT2D eigenvalue weighted by molar-refractivity contribution is 0.199. The van der Waals surface area contributed by atoms with Crippen LogP contribution in [0.2, 0.25) is 0 Å². The summed E-state index contributed by atoms with van der Waals surface area (Å²) >= 11 is 3.47. The number of ether oxygens (including phenoxy) is 1. The standard InChI is InChI=1S/C18H15BrO2/c1-12(20)13-3-7-17(8-4-13)21-18-9-5-14-10-16(19)6-2-15(14)11-18/h2-12,20H,1H3/t12-/m1/s1. The molecule has 0 aliphatic heterocycles. The number of fused-ring (bicyclic) bond motifs is 1. The second-order valence-corrected chi connectivity index (χ2v) is 5.92. The van der Waals surface area contributed by atoms with Crippen molar-refractivity contribution in [3.63, 3.8) is 0 Å². The molecule has 2 nitrogen and oxygen atoms in total. The molecule has 0 spiro atoms. The van der Waals surface area contributed by atoms with E-state index >= 15 is 0 Å². The zero-order chi connectivity index (χ0) is 14.8. The maximum atomic E-state index is 9.50. The van der Waals surface area contributed by atoms with Gasteiger partial charge in [-0.1, -0.05) is 40.2 Å². The number of benzene rings is 3. The zero-order valence-electron chi connectivity index (χ0n) is 11.6. The Morgan fingerprint density at radius 2 is 1.48 bits per heavy atom. The molecular weight excluding hydrogens is 328 g/mol. The van der Waals surface area contributed by atoms with E-state index < -0.39 is 6.10 Å². The van der Waals surface area contributed by atoms with E-state index in [0.717, 1.165) is 26.9 Å².